The molecule has 4 rings (SSSR count). The van der Waals surface area contributed by atoms with Crippen LogP contribution in [0.1, 0.15) is 43.2 Å². The normalized spacial score (nSPS) is 19.4. The molecule has 2 aromatic carbocycles. The van der Waals surface area contributed by atoms with Gasteiger partial charge in [0.1, 0.15) is 18.6 Å². The number of alkyl halides is 2. The van der Waals surface area contributed by atoms with Crippen LogP contribution in [0.25, 0.3) is 11.1 Å². The van der Waals surface area contributed by atoms with Gasteiger partial charge in [-0.25, -0.2) is 13.6 Å². The molecule has 1 aliphatic carbocycles. The fraction of sp³-hybridized carbons (Fsp3) is 0.423. The number of fused-ring (bicyclic) bond motifs is 3. The lowest BCUT2D eigenvalue weighted by molar-refractivity contribution is -0.169. The number of carboxylic acids is 1. The number of halogens is 2. The summed E-state index contributed by atoms with van der Waals surface area (Å²) in [5.74, 6) is -7.74. The van der Waals surface area contributed by atoms with Gasteiger partial charge in [0, 0.05) is 25.4 Å². The van der Waals surface area contributed by atoms with Gasteiger partial charge in [-0.05, 0) is 28.7 Å². The van der Waals surface area contributed by atoms with Crippen molar-refractivity contribution in [3.8, 4) is 11.1 Å². The number of carboxylic acid groups (broad SMARTS) is 1. The molecule has 1 aliphatic heterocycles. The molecule has 1 fully saturated rings. The zero-order valence-corrected chi connectivity index (χ0v) is 19.4. The van der Waals surface area contributed by atoms with Gasteiger partial charge in [-0.15, -0.1) is 0 Å². The fourth-order valence-electron chi connectivity index (χ4n) is 4.91. The van der Waals surface area contributed by atoms with E-state index in [4.69, 9.17) is 9.84 Å². The standard InChI is InChI=1S/C26H28F2N2O5/c1-2-7-22(23(31)30-13-12-26(27,28)21(14-30)24(32)33)29-25(34)35-15-20-18-10-5-3-8-16(18)17-9-4-6-11-19(17)20/h3-6,8-11,20-22H,2,7,12-15H2,1H3,(H,29,34)(H,32,33)/t21?,22-/m1/s1. The number of rotatable bonds is 7. The first kappa shape index (κ1) is 24.6. The number of likely N-dealkylation sites (tertiary alicyclic amines) is 1. The number of carbonyl (C=O) groups is 3. The minimum atomic E-state index is -3.39. The van der Waals surface area contributed by atoms with Gasteiger partial charge in [0.2, 0.25) is 5.91 Å². The Morgan fingerprint density at radius 3 is 2.29 bits per heavy atom. The van der Waals surface area contributed by atoms with Gasteiger partial charge in [-0.1, -0.05) is 61.9 Å². The highest BCUT2D eigenvalue weighted by molar-refractivity contribution is 5.86. The molecule has 1 heterocycles. The van der Waals surface area contributed by atoms with Crippen LogP contribution in [0.3, 0.4) is 0 Å². The van der Waals surface area contributed by atoms with Crippen LogP contribution in [0.2, 0.25) is 0 Å². The number of amides is 2. The first-order valence-electron chi connectivity index (χ1n) is 11.7. The number of nitrogens with one attached hydrogen (secondary N) is 1. The lowest BCUT2D eigenvalue weighted by atomic mass is 9.93. The predicted molar refractivity (Wildman–Crippen MR) is 124 cm³/mol. The van der Waals surface area contributed by atoms with Crippen LogP contribution < -0.4 is 5.32 Å². The summed E-state index contributed by atoms with van der Waals surface area (Å²) in [6.45, 7) is 1.02. The van der Waals surface area contributed by atoms with Crippen LogP contribution in [0.5, 0.6) is 0 Å². The maximum Gasteiger partial charge on any atom is 0.407 e. The van der Waals surface area contributed by atoms with Crippen molar-refractivity contribution in [2.45, 2.75) is 44.1 Å². The average Bonchev–Trinajstić information content (AvgIpc) is 3.15. The summed E-state index contributed by atoms with van der Waals surface area (Å²) in [5, 5.41) is 11.7. The summed E-state index contributed by atoms with van der Waals surface area (Å²) in [6, 6.07) is 14.8. The molecule has 186 valence electrons. The number of hydrogen-bond acceptors (Lipinski definition) is 4. The van der Waals surface area contributed by atoms with Crippen molar-refractivity contribution in [1.82, 2.24) is 10.2 Å². The molecule has 35 heavy (non-hydrogen) atoms. The van der Waals surface area contributed by atoms with Crippen LogP contribution >= 0.6 is 0 Å². The van der Waals surface area contributed by atoms with E-state index in [1.54, 1.807) is 0 Å². The first-order chi connectivity index (χ1) is 16.7. The van der Waals surface area contributed by atoms with E-state index in [-0.39, 0.29) is 25.5 Å². The van der Waals surface area contributed by atoms with Crippen LogP contribution in [0.4, 0.5) is 13.6 Å². The van der Waals surface area contributed by atoms with Crippen molar-refractivity contribution in [3.63, 3.8) is 0 Å². The summed E-state index contributed by atoms with van der Waals surface area (Å²) >= 11 is 0. The predicted octanol–water partition coefficient (Wildman–Crippen LogP) is 4.26. The summed E-state index contributed by atoms with van der Waals surface area (Å²) in [4.78, 5) is 38.0. The number of benzene rings is 2. The van der Waals surface area contributed by atoms with Crippen LogP contribution in [-0.2, 0) is 14.3 Å². The Kier molecular flexibility index (Phi) is 7.05. The molecule has 2 N–H and O–H groups in total. The number of aliphatic carboxylic acids is 1. The lowest BCUT2D eigenvalue weighted by Gasteiger charge is -2.37. The summed E-state index contributed by atoms with van der Waals surface area (Å²) in [7, 11) is 0. The molecule has 9 heteroatoms. The molecule has 0 saturated carbocycles. The number of hydrogen-bond donors (Lipinski definition) is 2. The molecule has 7 nitrogen and oxygen atoms in total. The monoisotopic (exact) mass is 486 g/mol. The third-order valence-corrected chi connectivity index (χ3v) is 6.75. The second-order valence-corrected chi connectivity index (χ2v) is 9.00. The Hall–Kier alpha value is -3.49. The van der Waals surface area contributed by atoms with E-state index in [0.717, 1.165) is 27.2 Å². The van der Waals surface area contributed by atoms with Crippen molar-refractivity contribution in [3.05, 3.63) is 59.7 Å². The molecular weight excluding hydrogens is 458 g/mol. The van der Waals surface area contributed by atoms with Crippen molar-refractivity contribution in [2.75, 3.05) is 19.7 Å². The lowest BCUT2D eigenvalue weighted by Crippen LogP contribution is -2.56. The average molecular weight is 487 g/mol. The molecule has 1 saturated heterocycles. The largest absolute Gasteiger partial charge is 0.481 e. The minimum absolute atomic E-state index is 0.0733. The Bertz CT molecular complexity index is 1080. The number of piperidine rings is 1. The number of ether oxygens (including phenoxy) is 1. The van der Waals surface area contributed by atoms with Gasteiger partial charge in [-0.2, -0.15) is 0 Å². The zero-order chi connectivity index (χ0) is 25.2. The van der Waals surface area contributed by atoms with E-state index in [1.807, 2.05) is 55.5 Å². The molecule has 0 radical (unpaired) electrons. The minimum Gasteiger partial charge on any atom is -0.481 e. The fourth-order valence-corrected chi connectivity index (χ4v) is 4.91. The van der Waals surface area contributed by atoms with Crippen molar-refractivity contribution in [2.24, 2.45) is 5.92 Å². The van der Waals surface area contributed by atoms with E-state index >= 15 is 0 Å². The molecule has 0 aromatic heterocycles. The highest BCUT2D eigenvalue weighted by Gasteiger charge is 2.50. The van der Waals surface area contributed by atoms with E-state index in [9.17, 15) is 23.2 Å². The van der Waals surface area contributed by atoms with Crippen LogP contribution in [-0.4, -0.2) is 59.6 Å². The third kappa shape index (κ3) is 4.99. The summed E-state index contributed by atoms with van der Waals surface area (Å²) in [6.07, 6.45) is -0.699. The highest BCUT2D eigenvalue weighted by Crippen LogP contribution is 2.44. The summed E-state index contributed by atoms with van der Waals surface area (Å²) < 4.78 is 33.4. The molecule has 2 atom stereocenters. The van der Waals surface area contributed by atoms with Crippen LogP contribution in [0.15, 0.2) is 48.5 Å². The number of carbonyl (C=O) groups excluding carboxylic acids is 2. The van der Waals surface area contributed by atoms with E-state index in [2.05, 4.69) is 5.32 Å². The second kappa shape index (κ2) is 10.0. The van der Waals surface area contributed by atoms with Gasteiger partial charge in [-0.3, -0.25) is 9.59 Å². The van der Waals surface area contributed by atoms with E-state index < -0.39 is 48.8 Å². The second-order valence-electron chi connectivity index (χ2n) is 9.00. The maximum absolute atomic E-state index is 14.0. The van der Waals surface area contributed by atoms with Gasteiger partial charge in [0.05, 0.1) is 0 Å². The van der Waals surface area contributed by atoms with Crippen molar-refractivity contribution in [1.29, 1.82) is 0 Å². The Labute approximate surface area is 202 Å². The topological polar surface area (TPSA) is 95.9 Å². The van der Waals surface area contributed by atoms with Crippen LogP contribution in [0, 0.1) is 5.92 Å². The Morgan fingerprint density at radius 2 is 1.71 bits per heavy atom. The Morgan fingerprint density at radius 1 is 1.11 bits per heavy atom. The van der Waals surface area contributed by atoms with Gasteiger partial charge >= 0.3 is 12.1 Å². The maximum atomic E-state index is 14.0. The van der Waals surface area contributed by atoms with Crippen molar-refractivity contribution >= 4 is 18.0 Å². The summed E-state index contributed by atoms with van der Waals surface area (Å²) in [5.41, 5.74) is 4.28. The van der Waals surface area contributed by atoms with Gasteiger partial charge in [0.25, 0.3) is 5.92 Å². The Balaban J connectivity index is 1.41. The molecule has 0 spiro atoms. The number of nitrogens with zero attached hydrogens (tertiary/aromatic N) is 1. The quantitative estimate of drug-likeness (QED) is 0.610. The molecular formula is C26H28F2N2O5. The highest BCUT2D eigenvalue weighted by atomic mass is 19.3. The van der Waals surface area contributed by atoms with Gasteiger partial charge in [0.15, 0.2) is 0 Å². The molecule has 2 aromatic rings. The molecule has 2 amide bonds. The van der Waals surface area contributed by atoms with E-state index in [0.29, 0.717) is 6.42 Å². The molecule has 0 bridgehead atoms. The smallest absolute Gasteiger partial charge is 0.407 e. The van der Waals surface area contributed by atoms with Gasteiger partial charge < -0.3 is 20.1 Å². The molecule has 2 aliphatic rings. The van der Waals surface area contributed by atoms with Crippen molar-refractivity contribution < 1.29 is 33.0 Å². The SMILES string of the molecule is CCC[C@@H](NC(=O)OCC1c2ccccc2-c2ccccc21)C(=O)N1CCC(F)(F)C(C(=O)O)C1. The first-order valence-corrected chi connectivity index (χ1v) is 11.7. The third-order valence-electron chi connectivity index (χ3n) is 6.75. The zero-order valence-electron chi connectivity index (χ0n) is 19.4. The molecule has 1 unspecified atom stereocenters. The number of alkyl carbamates (subject to hydrolysis) is 1. The van der Waals surface area contributed by atoms with E-state index in [1.165, 1.54) is 0 Å².